The highest BCUT2D eigenvalue weighted by Gasteiger charge is 2.39. The molecule has 1 aliphatic rings. The van der Waals surface area contributed by atoms with Crippen LogP contribution >= 0.6 is 0 Å². The van der Waals surface area contributed by atoms with Gasteiger partial charge in [-0.2, -0.15) is 0 Å². The zero-order valence-electron chi connectivity index (χ0n) is 13.6. The van der Waals surface area contributed by atoms with Gasteiger partial charge in [-0.1, -0.05) is 36.4 Å². The quantitative estimate of drug-likeness (QED) is 0.724. The molecule has 0 atom stereocenters. The van der Waals surface area contributed by atoms with Gasteiger partial charge in [-0.3, -0.25) is 14.4 Å². The molecule has 0 aromatic heterocycles. The van der Waals surface area contributed by atoms with E-state index in [0.29, 0.717) is 22.4 Å². The number of fused-ring (bicyclic) bond motifs is 2. The van der Waals surface area contributed by atoms with E-state index in [1.807, 2.05) is 24.3 Å². The SMILES string of the molecule is CC(=O)Nc1ccc(C2C(=O)c3cc4ccccc4cc3C2=O)cc1. The number of hydrogen-bond donors (Lipinski definition) is 1. The molecule has 0 radical (unpaired) electrons. The molecule has 0 heterocycles. The zero-order valence-corrected chi connectivity index (χ0v) is 13.6. The van der Waals surface area contributed by atoms with Crippen LogP contribution < -0.4 is 5.32 Å². The van der Waals surface area contributed by atoms with Crippen LogP contribution in [0, 0.1) is 0 Å². The molecule has 0 saturated heterocycles. The molecule has 4 heteroatoms. The van der Waals surface area contributed by atoms with Gasteiger partial charge in [0.2, 0.25) is 5.91 Å². The average Bonchev–Trinajstić information content (AvgIpc) is 2.84. The summed E-state index contributed by atoms with van der Waals surface area (Å²) in [7, 11) is 0. The summed E-state index contributed by atoms with van der Waals surface area (Å²) in [6.07, 6.45) is 0. The van der Waals surface area contributed by atoms with Crippen molar-refractivity contribution >= 4 is 33.9 Å². The van der Waals surface area contributed by atoms with Crippen molar-refractivity contribution in [3.63, 3.8) is 0 Å². The summed E-state index contributed by atoms with van der Waals surface area (Å²) in [5.74, 6) is -1.31. The van der Waals surface area contributed by atoms with Crippen LogP contribution in [0.5, 0.6) is 0 Å². The fourth-order valence-electron chi connectivity index (χ4n) is 3.34. The van der Waals surface area contributed by atoms with Crippen molar-refractivity contribution in [1.29, 1.82) is 0 Å². The number of ketones is 2. The van der Waals surface area contributed by atoms with Crippen LogP contribution in [-0.2, 0) is 4.79 Å². The molecule has 4 nitrogen and oxygen atoms in total. The molecule has 0 unspecified atom stereocenters. The Morgan fingerprint density at radius 2 is 1.36 bits per heavy atom. The Morgan fingerprint density at radius 3 is 1.84 bits per heavy atom. The molecule has 0 spiro atoms. The molecule has 1 aliphatic carbocycles. The Kier molecular flexibility index (Phi) is 3.46. The average molecular weight is 329 g/mol. The summed E-state index contributed by atoms with van der Waals surface area (Å²) < 4.78 is 0. The van der Waals surface area contributed by atoms with Gasteiger partial charge in [0.15, 0.2) is 11.6 Å². The predicted molar refractivity (Wildman–Crippen MR) is 96.1 cm³/mol. The topological polar surface area (TPSA) is 63.2 Å². The number of carbonyl (C=O) groups is 3. The third-order valence-corrected chi connectivity index (χ3v) is 4.51. The van der Waals surface area contributed by atoms with Crippen LogP contribution in [0.2, 0.25) is 0 Å². The summed E-state index contributed by atoms with van der Waals surface area (Å²) in [5.41, 5.74) is 2.25. The summed E-state index contributed by atoms with van der Waals surface area (Å²) in [4.78, 5) is 36.7. The molecule has 122 valence electrons. The lowest BCUT2D eigenvalue weighted by atomic mass is 9.94. The van der Waals surface area contributed by atoms with Crippen LogP contribution in [0.4, 0.5) is 5.69 Å². The first-order chi connectivity index (χ1) is 12.0. The zero-order chi connectivity index (χ0) is 17.6. The fourth-order valence-corrected chi connectivity index (χ4v) is 3.34. The van der Waals surface area contributed by atoms with E-state index in [0.717, 1.165) is 10.8 Å². The second kappa shape index (κ2) is 5.67. The Balaban J connectivity index is 1.74. The van der Waals surface area contributed by atoms with Gasteiger partial charge >= 0.3 is 0 Å². The number of amides is 1. The van der Waals surface area contributed by atoms with E-state index >= 15 is 0 Å². The summed E-state index contributed by atoms with van der Waals surface area (Å²) in [6.45, 7) is 1.43. The molecule has 0 bridgehead atoms. The van der Waals surface area contributed by atoms with Crippen molar-refractivity contribution in [2.45, 2.75) is 12.8 Å². The van der Waals surface area contributed by atoms with Crippen LogP contribution in [0.25, 0.3) is 10.8 Å². The minimum absolute atomic E-state index is 0.167. The lowest BCUT2D eigenvalue weighted by Crippen LogP contribution is -2.13. The number of carbonyl (C=O) groups excluding carboxylic acids is 3. The monoisotopic (exact) mass is 329 g/mol. The second-order valence-corrected chi connectivity index (χ2v) is 6.21. The highest BCUT2D eigenvalue weighted by atomic mass is 16.2. The van der Waals surface area contributed by atoms with Gasteiger partial charge in [0.25, 0.3) is 0 Å². The van der Waals surface area contributed by atoms with E-state index in [1.54, 1.807) is 36.4 Å². The summed E-state index contributed by atoms with van der Waals surface area (Å²) >= 11 is 0. The maximum absolute atomic E-state index is 12.8. The highest BCUT2D eigenvalue weighted by molar-refractivity contribution is 6.30. The van der Waals surface area contributed by atoms with Crippen molar-refractivity contribution in [3.8, 4) is 0 Å². The van der Waals surface area contributed by atoms with Crippen LogP contribution in [0.3, 0.4) is 0 Å². The minimum Gasteiger partial charge on any atom is -0.326 e. The molecule has 1 amide bonds. The summed E-state index contributed by atoms with van der Waals surface area (Å²) in [5, 5.41) is 4.57. The highest BCUT2D eigenvalue weighted by Crippen LogP contribution is 2.36. The molecule has 1 N–H and O–H groups in total. The maximum Gasteiger partial charge on any atom is 0.221 e. The van der Waals surface area contributed by atoms with Gasteiger partial charge in [0.05, 0.1) is 0 Å². The molecule has 3 aromatic carbocycles. The number of hydrogen-bond acceptors (Lipinski definition) is 3. The van der Waals surface area contributed by atoms with Gasteiger partial charge in [-0.25, -0.2) is 0 Å². The number of Topliss-reactive ketones (excluding diaryl/α,β-unsaturated/α-hetero) is 2. The Morgan fingerprint density at radius 1 is 0.840 bits per heavy atom. The van der Waals surface area contributed by atoms with E-state index in [2.05, 4.69) is 5.32 Å². The van der Waals surface area contributed by atoms with Crippen molar-refractivity contribution in [3.05, 3.63) is 77.4 Å². The Bertz CT molecular complexity index is 980. The third kappa shape index (κ3) is 2.52. The maximum atomic E-state index is 12.8. The number of rotatable bonds is 2. The molecule has 3 aromatic rings. The number of nitrogens with one attached hydrogen (secondary N) is 1. The standard InChI is InChI=1S/C21H15NO3/c1-12(23)22-16-8-6-13(7-9-16)19-20(24)17-10-14-4-2-3-5-15(14)11-18(17)21(19)25/h2-11,19H,1H3,(H,22,23). The van der Waals surface area contributed by atoms with Crippen molar-refractivity contribution in [2.75, 3.05) is 5.32 Å². The van der Waals surface area contributed by atoms with Gasteiger partial charge in [-0.15, -0.1) is 0 Å². The smallest absolute Gasteiger partial charge is 0.221 e. The predicted octanol–water partition coefficient (Wildman–Crippen LogP) is 3.96. The Labute approximate surface area is 144 Å². The van der Waals surface area contributed by atoms with Gasteiger partial charge in [0.1, 0.15) is 5.92 Å². The largest absolute Gasteiger partial charge is 0.326 e. The van der Waals surface area contributed by atoms with E-state index in [4.69, 9.17) is 0 Å². The van der Waals surface area contributed by atoms with E-state index < -0.39 is 5.92 Å². The van der Waals surface area contributed by atoms with Gasteiger partial charge in [0, 0.05) is 23.7 Å². The molecule has 0 aliphatic heterocycles. The minimum atomic E-state index is -0.807. The fraction of sp³-hybridized carbons (Fsp3) is 0.0952. The van der Waals surface area contributed by atoms with Crippen molar-refractivity contribution in [2.24, 2.45) is 0 Å². The molecule has 4 rings (SSSR count). The first kappa shape index (κ1) is 15.3. The Hall–Kier alpha value is -3.27. The van der Waals surface area contributed by atoms with Gasteiger partial charge in [-0.05, 0) is 40.6 Å². The second-order valence-electron chi connectivity index (χ2n) is 6.21. The first-order valence-electron chi connectivity index (χ1n) is 8.03. The molecular formula is C21H15NO3. The first-order valence-corrected chi connectivity index (χ1v) is 8.03. The summed E-state index contributed by atoms with van der Waals surface area (Å²) in [6, 6.07) is 18.1. The number of anilines is 1. The van der Waals surface area contributed by atoms with E-state index in [9.17, 15) is 14.4 Å². The normalized spacial score (nSPS) is 14.0. The molecule has 0 saturated carbocycles. The molecule has 0 fully saturated rings. The van der Waals surface area contributed by atoms with Crippen molar-refractivity contribution < 1.29 is 14.4 Å². The van der Waals surface area contributed by atoms with E-state index in [-0.39, 0.29) is 17.5 Å². The lowest BCUT2D eigenvalue weighted by molar-refractivity contribution is -0.114. The molecule has 25 heavy (non-hydrogen) atoms. The van der Waals surface area contributed by atoms with Gasteiger partial charge < -0.3 is 5.32 Å². The van der Waals surface area contributed by atoms with Crippen molar-refractivity contribution in [1.82, 2.24) is 0 Å². The van der Waals surface area contributed by atoms with Crippen LogP contribution in [-0.4, -0.2) is 17.5 Å². The third-order valence-electron chi connectivity index (χ3n) is 4.51. The van der Waals surface area contributed by atoms with Crippen LogP contribution in [0.1, 0.15) is 39.1 Å². The number of benzene rings is 3. The lowest BCUT2D eigenvalue weighted by Gasteiger charge is -2.08. The van der Waals surface area contributed by atoms with Crippen LogP contribution in [0.15, 0.2) is 60.7 Å². The van der Waals surface area contributed by atoms with E-state index in [1.165, 1.54) is 6.92 Å². The molecular weight excluding hydrogens is 314 g/mol.